The Kier molecular flexibility index (Phi) is 7.31. The van der Waals surface area contributed by atoms with Gasteiger partial charge in [-0.25, -0.2) is 12.7 Å². The van der Waals surface area contributed by atoms with Crippen molar-refractivity contribution in [2.75, 3.05) is 13.1 Å². The lowest BCUT2D eigenvalue weighted by Gasteiger charge is -2.25. The maximum atomic E-state index is 12.9. The van der Waals surface area contributed by atoms with Gasteiger partial charge in [0.05, 0.1) is 11.8 Å². The molecule has 1 aliphatic heterocycles. The number of hydrogen-bond acceptors (Lipinski definition) is 3. The number of benzene rings is 2. The van der Waals surface area contributed by atoms with Gasteiger partial charge in [-0.2, -0.15) is 0 Å². The Hall–Kier alpha value is -2.18. The van der Waals surface area contributed by atoms with Crippen LogP contribution in [0, 0.1) is 0 Å². The Morgan fingerprint density at radius 2 is 1.62 bits per heavy atom. The molecule has 1 atom stereocenters. The van der Waals surface area contributed by atoms with Gasteiger partial charge in [-0.3, -0.25) is 4.79 Å². The number of carbonyl (C=O) groups is 1. The van der Waals surface area contributed by atoms with Crippen LogP contribution in [0.4, 0.5) is 0 Å². The molecule has 1 aliphatic carbocycles. The third-order valence-electron chi connectivity index (χ3n) is 6.76. The molecule has 0 radical (unpaired) electrons. The second-order valence-corrected chi connectivity index (χ2v) is 11.1. The molecule has 4 rings (SSSR count). The third kappa shape index (κ3) is 5.41. The average Bonchev–Trinajstić information content (AvgIpc) is 2.83. The Morgan fingerprint density at radius 3 is 2.31 bits per heavy atom. The van der Waals surface area contributed by atoms with Crippen molar-refractivity contribution >= 4 is 15.9 Å². The number of amides is 1. The van der Waals surface area contributed by atoms with E-state index in [9.17, 15) is 13.2 Å². The first-order chi connectivity index (χ1) is 15.5. The second kappa shape index (κ2) is 10.2. The minimum atomic E-state index is -3.30. The molecule has 5 nitrogen and oxygen atoms in total. The van der Waals surface area contributed by atoms with Crippen LogP contribution in [0.1, 0.15) is 84.1 Å². The molecule has 32 heavy (non-hydrogen) atoms. The van der Waals surface area contributed by atoms with Gasteiger partial charge in [-0.1, -0.05) is 43.7 Å². The fourth-order valence-electron chi connectivity index (χ4n) is 4.83. The quantitative estimate of drug-likeness (QED) is 0.656. The zero-order valence-corrected chi connectivity index (χ0v) is 19.8. The van der Waals surface area contributed by atoms with Gasteiger partial charge in [0, 0.05) is 18.7 Å². The predicted molar refractivity (Wildman–Crippen MR) is 128 cm³/mol. The Morgan fingerprint density at radius 1 is 0.938 bits per heavy atom. The molecular formula is C26H34N2O3S. The summed E-state index contributed by atoms with van der Waals surface area (Å²) in [6.07, 6.45) is 8.54. The van der Waals surface area contributed by atoms with Crippen LogP contribution in [0.5, 0.6) is 0 Å². The summed E-state index contributed by atoms with van der Waals surface area (Å²) in [5.41, 5.74) is 5.29. The minimum Gasteiger partial charge on any atom is -0.345 e. The Bertz CT molecular complexity index is 1040. The Balaban J connectivity index is 1.40. The normalized spacial score (nSPS) is 18.0. The van der Waals surface area contributed by atoms with Gasteiger partial charge < -0.3 is 5.32 Å². The highest BCUT2D eigenvalue weighted by Crippen LogP contribution is 2.26. The molecule has 0 aromatic heterocycles. The van der Waals surface area contributed by atoms with E-state index >= 15 is 0 Å². The zero-order valence-electron chi connectivity index (χ0n) is 19.0. The topological polar surface area (TPSA) is 66.5 Å². The number of rotatable bonds is 7. The molecule has 0 spiro atoms. The highest BCUT2D eigenvalue weighted by atomic mass is 32.2. The van der Waals surface area contributed by atoms with E-state index in [1.54, 1.807) is 28.6 Å². The van der Waals surface area contributed by atoms with E-state index in [4.69, 9.17) is 0 Å². The van der Waals surface area contributed by atoms with Gasteiger partial charge in [0.1, 0.15) is 0 Å². The van der Waals surface area contributed by atoms with Crippen molar-refractivity contribution < 1.29 is 13.2 Å². The lowest BCUT2D eigenvalue weighted by molar-refractivity contribution is 0.0935. The van der Waals surface area contributed by atoms with Gasteiger partial charge in [0.2, 0.25) is 10.0 Å². The SMILES string of the molecule is CCC(NC(=O)c1ccc(CS(=O)(=O)N2CCCCC2)cc1)c1ccc2c(c1)CCCC2. The van der Waals surface area contributed by atoms with Crippen LogP contribution < -0.4 is 5.32 Å². The summed E-state index contributed by atoms with van der Waals surface area (Å²) in [4.78, 5) is 12.9. The molecule has 1 amide bonds. The molecule has 1 heterocycles. The number of nitrogens with zero attached hydrogens (tertiary/aromatic N) is 1. The van der Waals surface area contributed by atoms with E-state index in [2.05, 4.69) is 30.4 Å². The fourth-order valence-corrected chi connectivity index (χ4v) is 6.44. The highest BCUT2D eigenvalue weighted by molar-refractivity contribution is 7.88. The van der Waals surface area contributed by atoms with Crippen LogP contribution in [-0.4, -0.2) is 31.7 Å². The number of aryl methyl sites for hydroxylation is 2. The van der Waals surface area contributed by atoms with Crippen LogP contribution >= 0.6 is 0 Å². The largest absolute Gasteiger partial charge is 0.345 e. The zero-order chi connectivity index (χ0) is 22.6. The van der Waals surface area contributed by atoms with E-state index in [0.717, 1.165) is 44.1 Å². The van der Waals surface area contributed by atoms with Crippen molar-refractivity contribution in [1.82, 2.24) is 9.62 Å². The molecule has 2 aromatic rings. The first-order valence-electron chi connectivity index (χ1n) is 12.0. The number of hydrogen-bond donors (Lipinski definition) is 1. The molecule has 1 N–H and O–H groups in total. The highest BCUT2D eigenvalue weighted by Gasteiger charge is 2.24. The molecule has 0 bridgehead atoms. The lowest BCUT2D eigenvalue weighted by Crippen LogP contribution is -2.36. The van der Waals surface area contributed by atoms with Crippen LogP contribution in [0.2, 0.25) is 0 Å². The van der Waals surface area contributed by atoms with Gasteiger partial charge in [0.25, 0.3) is 5.91 Å². The molecule has 6 heteroatoms. The van der Waals surface area contributed by atoms with Crippen molar-refractivity contribution in [2.24, 2.45) is 0 Å². The summed E-state index contributed by atoms with van der Waals surface area (Å²) in [7, 11) is -3.30. The standard InChI is InChI=1S/C26H34N2O3S/c1-2-25(24-15-14-21-8-4-5-9-23(21)18-24)27-26(29)22-12-10-20(11-13-22)19-32(30,31)28-16-6-3-7-17-28/h10-15,18,25H,2-9,16-17,19H2,1H3,(H,27,29). The smallest absolute Gasteiger partial charge is 0.251 e. The molecule has 172 valence electrons. The fraction of sp³-hybridized carbons (Fsp3) is 0.500. The van der Waals surface area contributed by atoms with Gasteiger partial charge in [-0.15, -0.1) is 0 Å². The number of carbonyl (C=O) groups excluding carboxylic acids is 1. The van der Waals surface area contributed by atoms with Crippen molar-refractivity contribution in [3.8, 4) is 0 Å². The van der Waals surface area contributed by atoms with E-state index in [1.807, 2.05) is 0 Å². The monoisotopic (exact) mass is 454 g/mol. The van der Waals surface area contributed by atoms with E-state index in [0.29, 0.717) is 24.2 Å². The average molecular weight is 455 g/mol. The van der Waals surface area contributed by atoms with E-state index in [1.165, 1.54) is 24.0 Å². The Labute approximate surface area is 192 Å². The van der Waals surface area contributed by atoms with E-state index in [-0.39, 0.29) is 17.7 Å². The molecule has 1 unspecified atom stereocenters. The van der Waals surface area contributed by atoms with Gasteiger partial charge in [-0.05, 0) is 79.3 Å². The minimum absolute atomic E-state index is 0.0123. The van der Waals surface area contributed by atoms with Gasteiger partial charge in [0.15, 0.2) is 0 Å². The lowest BCUT2D eigenvalue weighted by atomic mass is 9.88. The summed E-state index contributed by atoms with van der Waals surface area (Å²) in [5.74, 6) is -0.137. The first kappa shape index (κ1) is 23.0. The number of fused-ring (bicyclic) bond motifs is 1. The number of piperidine rings is 1. The maximum absolute atomic E-state index is 12.9. The van der Waals surface area contributed by atoms with Crippen molar-refractivity contribution in [1.29, 1.82) is 0 Å². The molecule has 1 fully saturated rings. The number of sulfonamides is 1. The van der Waals surface area contributed by atoms with Crippen molar-refractivity contribution in [3.63, 3.8) is 0 Å². The molecule has 2 aromatic carbocycles. The first-order valence-corrected chi connectivity index (χ1v) is 13.6. The van der Waals surface area contributed by atoms with Crippen LogP contribution in [0.3, 0.4) is 0 Å². The summed E-state index contributed by atoms with van der Waals surface area (Å²) in [5, 5.41) is 3.16. The summed E-state index contributed by atoms with van der Waals surface area (Å²) in [6, 6.07) is 13.6. The van der Waals surface area contributed by atoms with Crippen LogP contribution in [0.25, 0.3) is 0 Å². The predicted octanol–water partition coefficient (Wildman–Crippen LogP) is 4.76. The van der Waals surface area contributed by atoms with Crippen LogP contribution in [-0.2, 0) is 28.6 Å². The molecular weight excluding hydrogens is 420 g/mol. The van der Waals surface area contributed by atoms with Gasteiger partial charge >= 0.3 is 0 Å². The van der Waals surface area contributed by atoms with Crippen molar-refractivity contribution in [2.45, 2.75) is 70.1 Å². The third-order valence-corrected chi connectivity index (χ3v) is 8.61. The summed E-state index contributed by atoms with van der Waals surface area (Å²) < 4.78 is 26.9. The molecule has 0 saturated carbocycles. The summed E-state index contributed by atoms with van der Waals surface area (Å²) >= 11 is 0. The van der Waals surface area contributed by atoms with Crippen molar-refractivity contribution in [3.05, 3.63) is 70.3 Å². The number of nitrogens with one attached hydrogen (secondary N) is 1. The van der Waals surface area contributed by atoms with E-state index < -0.39 is 10.0 Å². The molecule has 2 aliphatic rings. The summed E-state index contributed by atoms with van der Waals surface area (Å²) in [6.45, 7) is 3.31. The molecule has 1 saturated heterocycles. The van der Waals surface area contributed by atoms with Crippen LogP contribution in [0.15, 0.2) is 42.5 Å². The maximum Gasteiger partial charge on any atom is 0.251 e. The second-order valence-electron chi connectivity index (χ2n) is 9.08.